The lowest BCUT2D eigenvalue weighted by Crippen LogP contribution is -2.51. The van der Waals surface area contributed by atoms with Gasteiger partial charge in [0.25, 0.3) is 0 Å². The number of halogens is 2. The summed E-state index contributed by atoms with van der Waals surface area (Å²) in [6.45, 7) is 11.1. The monoisotopic (exact) mass is 826 g/mol. The topological polar surface area (TPSA) is 210 Å². The number of carbonyl (C=O) groups is 6. The first-order valence-corrected chi connectivity index (χ1v) is 20.5. The second-order valence-electron chi connectivity index (χ2n) is 16.5. The fraction of sp³-hybridized carbons (Fsp3) is 0.641. The molecule has 1 aliphatic heterocycles. The number of nitrogens with zero attached hydrogens (tertiary/aromatic N) is 1. The molecule has 4 N–H and O–H groups in total. The Balaban J connectivity index is 1.75. The molecule has 1 aromatic carbocycles. The normalized spacial score (nSPS) is 18.9. The standard InChI is InChI=1S/C39H57F2N4O11P/c1-9-10-11-26(33(48)45-21-27-20-30(27)31(45)32(47)43-16-17-44-36(42)51)19-29(46)18-24(2)25-12-14-28(15-13-25)39(40,41)57(52,55-22-53-34(49)37(3,4)5)56-23-54-35(50)38(6,7)8/h12-15,18,26-27,30-31H,9-11,16-17,19-23H2,1-8H3,(H,43,47)(H3,42,44,51)/b24-18+/t26-,27-,30?,31+/m1/s1. The van der Waals surface area contributed by atoms with E-state index < -0.39 is 73.2 Å². The van der Waals surface area contributed by atoms with Crippen molar-refractivity contribution in [2.45, 2.75) is 99.2 Å². The summed E-state index contributed by atoms with van der Waals surface area (Å²) in [6.07, 6.45) is 3.89. The van der Waals surface area contributed by atoms with Crippen LogP contribution in [-0.4, -0.2) is 79.7 Å². The van der Waals surface area contributed by atoms with Crippen molar-refractivity contribution in [1.82, 2.24) is 15.5 Å². The number of allylic oxidation sites excluding steroid dienone is 2. The van der Waals surface area contributed by atoms with Gasteiger partial charge in [0.1, 0.15) is 6.04 Å². The number of nitrogens with two attached hydrogens (primary N) is 1. The molecule has 1 saturated carbocycles. The molecule has 57 heavy (non-hydrogen) atoms. The third kappa shape index (κ3) is 12.9. The maximum Gasteiger partial charge on any atom is 0.410 e. The highest BCUT2D eigenvalue weighted by Gasteiger charge is 2.58. The highest BCUT2D eigenvalue weighted by molar-refractivity contribution is 7.54. The molecule has 4 atom stereocenters. The molecule has 1 aliphatic carbocycles. The average Bonchev–Trinajstić information content (AvgIpc) is 3.78. The minimum absolute atomic E-state index is 0.0297. The van der Waals surface area contributed by atoms with Crippen LogP contribution in [0.25, 0.3) is 5.57 Å². The van der Waals surface area contributed by atoms with Gasteiger partial charge >= 0.3 is 31.2 Å². The van der Waals surface area contributed by atoms with Crippen LogP contribution in [0.4, 0.5) is 13.6 Å². The Morgan fingerprint density at radius 3 is 1.98 bits per heavy atom. The summed E-state index contributed by atoms with van der Waals surface area (Å²) < 4.78 is 65.2. The number of benzene rings is 1. The lowest BCUT2D eigenvalue weighted by Gasteiger charge is -2.30. The van der Waals surface area contributed by atoms with Crippen LogP contribution in [0.3, 0.4) is 0 Å². The quantitative estimate of drug-likeness (QED) is 0.0467. The van der Waals surface area contributed by atoms with Gasteiger partial charge in [0.2, 0.25) is 25.4 Å². The molecule has 0 radical (unpaired) electrons. The van der Waals surface area contributed by atoms with Crippen molar-refractivity contribution in [2.75, 3.05) is 33.2 Å². The third-order valence-corrected chi connectivity index (χ3v) is 11.4. The van der Waals surface area contributed by atoms with Crippen LogP contribution in [0.15, 0.2) is 30.3 Å². The molecule has 318 valence electrons. The molecule has 1 saturated heterocycles. The summed E-state index contributed by atoms with van der Waals surface area (Å²) in [5, 5.41) is 5.15. The van der Waals surface area contributed by atoms with Crippen LogP contribution >= 0.6 is 7.60 Å². The van der Waals surface area contributed by atoms with E-state index in [0.29, 0.717) is 30.5 Å². The van der Waals surface area contributed by atoms with Crippen LogP contribution < -0.4 is 16.4 Å². The number of ketones is 1. The summed E-state index contributed by atoms with van der Waals surface area (Å²) >= 11 is 0. The maximum atomic E-state index is 16.0. The smallest absolute Gasteiger partial charge is 0.410 e. The van der Waals surface area contributed by atoms with Crippen molar-refractivity contribution >= 4 is 48.7 Å². The first-order chi connectivity index (χ1) is 26.4. The van der Waals surface area contributed by atoms with E-state index in [2.05, 4.69) is 10.6 Å². The number of ether oxygens (including phenoxy) is 2. The highest BCUT2D eigenvalue weighted by atomic mass is 31.2. The van der Waals surface area contributed by atoms with Crippen LogP contribution in [0.5, 0.6) is 0 Å². The lowest BCUT2D eigenvalue weighted by molar-refractivity contribution is -0.163. The number of alkyl halides is 2. The van der Waals surface area contributed by atoms with Gasteiger partial charge in [0.05, 0.1) is 10.8 Å². The largest absolute Gasteiger partial charge is 0.438 e. The summed E-state index contributed by atoms with van der Waals surface area (Å²) in [4.78, 5) is 77.3. The fourth-order valence-corrected chi connectivity index (χ4v) is 7.40. The zero-order valence-corrected chi connectivity index (χ0v) is 34.9. The van der Waals surface area contributed by atoms with Gasteiger partial charge in [-0.25, -0.2) is 4.79 Å². The van der Waals surface area contributed by atoms with E-state index in [-0.39, 0.29) is 48.9 Å². The number of carbonyl (C=O) groups excluding carboxylic acids is 6. The van der Waals surface area contributed by atoms with Gasteiger partial charge in [0.15, 0.2) is 5.78 Å². The van der Waals surface area contributed by atoms with E-state index in [4.69, 9.17) is 24.3 Å². The number of unbranched alkanes of at least 4 members (excludes halogenated alkanes) is 1. The van der Waals surface area contributed by atoms with Gasteiger partial charge in [-0.2, -0.15) is 8.78 Å². The molecule has 2 aliphatic rings. The highest BCUT2D eigenvalue weighted by Crippen LogP contribution is 2.67. The Morgan fingerprint density at radius 2 is 1.47 bits per heavy atom. The third-order valence-electron chi connectivity index (χ3n) is 9.59. The van der Waals surface area contributed by atoms with Crippen molar-refractivity contribution in [3.05, 3.63) is 41.5 Å². The van der Waals surface area contributed by atoms with E-state index in [9.17, 15) is 33.3 Å². The second-order valence-corrected chi connectivity index (χ2v) is 18.6. The predicted octanol–water partition coefficient (Wildman–Crippen LogP) is 5.86. The summed E-state index contributed by atoms with van der Waals surface area (Å²) in [5.74, 6) is -3.07. The molecule has 0 aromatic heterocycles. The van der Waals surface area contributed by atoms with E-state index >= 15 is 8.78 Å². The number of primary amides is 1. The predicted molar refractivity (Wildman–Crippen MR) is 205 cm³/mol. The van der Waals surface area contributed by atoms with Gasteiger partial charge in [-0.15, -0.1) is 0 Å². The molecule has 2 fully saturated rings. The molecule has 18 heteroatoms. The van der Waals surface area contributed by atoms with Gasteiger partial charge in [-0.3, -0.25) is 37.6 Å². The molecule has 15 nitrogen and oxygen atoms in total. The van der Waals surface area contributed by atoms with Crippen molar-refractivity contribution in [3.8, 4) is 0 Å². The number of likely N-dealkylation sites (tertiary alicyclic amines) is 1. The molecule has 0 bridgehead atoms. The number of esters is 2. The summed E-state index contributed by atoms with van der Waals surface area (Å²) in [5.41, 5.74) is -1.30. The number of hydrogen-bond donors (Lipinski definition) is 3. The van der Waals surface area contributed by atoms with Crippen molar-refractivity contribution in [2.24, 2.45) is 34.3 Å². The van der Waals surface area contributed by atoms with Crippen LogP contribution in [0.1, 0.15) is 98.6 Å². The molecule has 1 aromatic rings. The zero-order chi connectivity index (χ0) is 42.9. The average molecular weight is 827 g/mol. The molecule has 3 rings (SSSR count). The van der Waals surface area contributed by atoms with Crippen molar-refractivity contribution in [3.63, 3.8) is 0 Å². The Kier molecular flexibility index (Phi) is 16.1. The number of nitrogens with one attached hydrogen (secondary N) is 2. The Labute approximate surface area is 332 Å². The van der Waals surface area contributed by atoms with Gasteiger partial charge in [0, 0.05) is 37.5 Å². The van der Waals surface area contributed by atoms with E-state index in [1.54, 1.807) is 11.8 Å². The number of hydrogen-bond acceptors (Lipinski definition) is 11. The molecular formula is C39H57F2N4O11P. The number of fused-ring (bicyclic) bond motifs is 1. The zero-order valence-electron chi connectivity index (χ0n) is 34.0. The summed E-state index contributed by atoms with van der Waals surface area (Å²) in [6, 6.07) is 3.12. The Hall–Kier alpha value is -4.21. The van der Waals surface area contributed by atoms with E-state index in [1.807, 2.05) is 6.92 Å². The Bertz CT molecular complexity index is 1690. The molecule has 4 amide bonds. The minimum atomic E-state index is -5.53. The second kappa shape index (κ2) is 19.5. The van der Waals surface area contributed by atoms with Crippen molar-refractivity contribution < 1.29 is 60.6 Å². The first-order valence-electron chi connectivity index (χ1n) is 19.0. The fourth-order valence-electron chi connectivity index (χ4n) is 6.15. The number of piperidine rings is 1. The number of rotatable bonds is 20. The van der Waals surface area contributed by atoms with Crippen LogP contribution in [-0.2, 0) is 52.7 Å². The molecular weight excluding hydrogens is 769 g/mol. The SMILES string of the molecule is CCCC[C@H](CC(=O)/C=C(\C)c1ccc(C(F)(F)P(=O)(OCOC(=O)C(C)(C)C)OCOC(=O)C(C)(C)C)cc1)C(=O)N1C[C@H]2CC2[C@H]1C(=O)NCCNC(N)=O. The molecule has 1 heterocycles. The van der Waals surface area contributed by atoms with Gasteiger partial charge in [-0.05, 0) is 90.4 Å². The number of urea groups is 1. The molecule has 1 unspecified atom stereocenters. The first kappa shape index (κ1) is 47.2. The maximum absolute atomic E-state index is 16.0. The summed E-state index contributed by atoms with van der Waals surface area (Å²) in [7, 11) is -5.53. The van der Waals surface area contributed by atoms with Gasteiger partial charge < -0.3 is 30.7 Å². The Morgan fingerprint density at radius 1 is 0.930 bits per heavy atom. The van der Waals surface area contributed by atoms with Crippen LogP contribution in [0.2, 0.25) is 0 Å². The van der Waals surface area contributed by atoms with E-state index in [0.717, 1.165) is 25.0 Å². The lowest BCUT2D eigenvalue weighted by atomic mass is 9.92. The molecule has 0 spiro atoms. The van der Waals surface area contributed by atoms with Crippen molar-refractivity contribution in [1.29, 1.82) is 0 Å². The van der Waals surface area contributed by atoms with Crippen LogP contribution in [0, 0.1) is 28.6 Å². The van der Waals surface area contributed by atoms with E-state index in [1.165, 1.54) is 59.8 Å². The number of amides is 4. The minimum Gasteiger partial charge on any atom is -0.438 e. The van der Waals surface area contributed by atoms with Gasteiger partial charge in [-0.1, -0.05) is 44.0 Å².